The normalized spacial score (nSPS) is 15.1. The van der Waals surface area contributed by atoms with E-state index in [0.717, 1.165) is 0 Å². The Hall–Kier alpha value is -3.29. The highest BCUT2D eigenvalue weighted by Crippen LogP contribution is 2.51. The molecule has 1 aliphatic rings. The maximum absolute atomic E-state index is 2.45. The molecule has 4 aromatic carbocycles. The molecule has 0 bridgehead atoms. The maximum atomic E-state index is 2.45. The molecule has 0 saturated heterocycles. The van der Waals surface area contributed by atoms with E-state index in [1.807, 2.05) is 11.8 Å². The molecule has 0 N–H and O–H groups in total. The zero-order chi connectivity index (χ0) is 22.0. The molecule has 1 heterocycles. The highest BCUT2D eigenvalue weighted by atomic mass is 32.2. The number of benzene rings is 4. The molecule has 156 valence electrons. The summed E-state index contributed by atoms with van der Waals surface area (Å²) in [4.78, 5) is 2.58. The van der Waals surface area contributed by atoms with Crippen molar-refractivity contribution in [3.8, 4) is 0 Å². The molecular weight excluding hydrogens is 404 g/mol. The molecule has 5 rings (SSSR count). The summed E-state index contributed by atoms with van der Waals surface area (Å²) in [6.45, 7) is 4.28. The molecule has 0 spiro atoms. The van der Waals surface area contributed by atoms with Crippen LogP contribution in [0.1, 0.15) is 33.4 Å². The molecule has 1 aliphatic heterocycles. The van der Waals surface area contributed by atoms with E-state index in [1.165, 1.54) is 43.2 Å². The lowest BCUT2D eigenvalue weighted by atomic mass is 9.73. The second-order valence-corrected chi connectivity index (χ2v) is 9.54. The first-order chi connectivity index (χ1) is 15.6. The van der Waals surface area contributed by atoms with Crippen molar-refractivity contribution in [1.29, 1.82) is 0 Å². The molecule has 32 heavy (non-hydrogen) atoms. The zero-order valence-electron chi connectivity index (χ0n) is 18.5. The Morgan fingerprint density at radius 1 is 0.469 bits per heavy atom. The summed E-state index contributed by atoms with van der Waals surface area (Å²) in [6, 6.07) is 39.5. The van der Waals surface area contributed by atoms with Gasteiger partial charge in [0.15, 0.2) is 0 Å². The van der Waals surface area contributed by atoms with Crippen molar-refractivity contribution in [2.24, 2.45) is 0 Å². The minimum atomic E-state index is -0.339. The first kappa shape index (κ1) is 20.6. The first-order valence-corrected chi connectivity index (χ1v) is 11.8. The lowest BCUT2D eigenvalue weighted by Gasteiger charge is -2.34. The van der Waals surface area contributed by atoms with Gasteiger partial charge in [-0.2, -0.15) is 0 Å². The van der Waals surface area contributed by atoms with E-state index >= 15 is 0 Å². The van der Waals surface area contributed by atoms with E-state index in [-0.39, 0.29) is 5.41 Å². The molecule has 0 saturated carbocycles. The van der Waals surface area contributed by atoms with Crippen LogP contribution in [0.5, 0.6) is 0 Å². The topological polar surface area (TPSA) is 0 Å². The van der Waals surface area contributed by atoms with Gasteiger partial charge in [0.2, 0.25) is 0 Å². The third-order valence-electron chi connectivity index (χ3n) is 6.11. The van der Waals surface area contributed by atoms with Gasteiger partial charge in [0, 0.05) is 9.81 Å². The summed E-state index contributed by atoms with van der Waals surface area (Å²) < 4.78 is 0. The van der Waals surface area contributed by atoms with Gasteiger partial charge in [0.05, 0.1) is 5.41 Å². The molecule has 0 fully saturated rings. The smallest absolute Gasteiger partial charge is 0.0590 e. The van der Waals surface area contributed by atoms with Crippen LogP contribution in [-0.4, -0.2) is 0 Å². The second kappa shape index (κ2) is 8.68. The van der Waals surface area contributed by atoms with Gasteiger partial charge >= 0.3 is 0 Å². The number of hydrogen-bond donors (Lipinski definition) is 0. The SMILES string of the molecule is Cc1ccc(C2=CC(c3ccccc3)(c3ccccc3)C=C(c3ccc(C)cc3)S2)cc1. The minimum absolute atomic E-state index is 0.339. The van der Waals surface area contributed by atoms with E-state index in [2.05, 4.69) is 135 Å². The third-order valence-corrected chi connectivity index (χ3v) is 7.26. The quantitative estimate of drug-likeness (QED) is 0.313. The summed E-state index contributed by atoms with van der Waals surface area (Å²) in [5.41, 5.74) is 7.29. The fourth-order valence-electron chi connectivity index (χ4n) is 4.28. The van der Waals surface area contributed by atoms with Crippen molar-refractivity contribution in [3.63, 3.8) is 0 Å². The van der Waals surface area contributed by atoms with Crippen LogP contribution < -0.4 is 0 Å². The second-order valence-electron chi connectivity index (χ2n) is 8.45. The van der Waals surface area contributed by atoms with E-state index in [4.69, 9.17) is 0 Å². The monoisotopic (exact) mass is 430 g/mol. The van der Waals surface area contributed by atoms with Gasteiger partial charge in [-0.1, -0.05) is 144 Å². The van der Waals surface area contributed by atoms with Crippen LogP contribution in [0.15, 0.2) is 121 Å². The molecule has 0 aliphatic carbocycles. The van der Waals surface area contributed by atoms with Crippen molar-refractivity contribution in [2.45, 2.75) is 19.3 Å². The van der Waals surface area contributed by atoms with Crippen LogP contribution in [0.4, 0.5) is 0 Å². The fourth-order valence-corrected chi connectivity index (χ4v) is 5.52. The lowest BCUT2D eigenvalue weighted by molar-refractivity contribution is 0.820. The highest BCUT2D eigenvalue weighted by Gasteiger charge is 2.34. The number of aryl methyl sites for hydroxylation is 2. The van der Waals surface area contributed by atoms with E-state index < -0.39 is 0 Å². The number of hydrogen-bond acceptors (Lipinski definition) is 1. The van der Waals surface area contributed by atoms with Crippen molar-refractivity contribution >= 4 is 21.6 Å². The molecule has 1 heteroatoms. The average Bonchev–Trinajstić information content (AvgIpc) is 2.86. The van der Waals surface area contributed by atoms with Gasteiger partial charge in [-0.25, -0.2) is 0 Å². The Labute approximate surface area is 195 Å². The molecule has 0 unspecified atom stereocenters. The Kier molecular flexibility index (Phi) is 5.59. The summed E-state index contributed by atoms with van der Waals surface area (Å²) in [5.74, 6) is 0. The van der Waals surface area contributed by atoms with Gasteiger partial charge < -0.3 is 0 Å². The van der Waals surface area contributed by atoms with Crippen molar-refractivity contribution < 1.29 is 0 Å². The summed E-state index contributed by atoms with van der Waals surface area (Å²) >= 11 is 1.86. The molecule has 0 nitrogen and oxygen atoms in total. The lowest BCUT2D eigenvalue weighted by Crippen LogP contribution is -2.25. The van der Waals surface area contributed by atoms with Crippen molar-refractivity contribution in [2.75, 3.05) is 0 Å². The van der Waals surface area contributed by atoms with E-state index in [0.29, 0.717) is 0 Å². The Bertz CT molecular complexity index is 1160. The largest absolute Gasteiger partial charge is 0.0894 e. The predicted octanol–water partition coefficient (Wildman–Crippen LogP) is 8.42. The van der Waals surface area contributed by atoms with Gasteiger partial charge in [0.25, 0.3) is 0 Å². The van der Waals surface area contributed by atoms with Crippen LogP contribution >= 0.6 is 11.8 Å². The predicted molar refractivity (Wildman–Crippen MR) is 140 cm³/mol. The average molecular weight is 431 g/mol. The molecular formula is C31H26S. The first-order valence-electron chi connectivity index (χ1n) is 11.0. The number of allylic oxidation sites excluding steroid dienone is 2. The molecule has 0 radical (unpaired) electrons. The van der Waals surface area contributed by atoms with E-state index in [1.54, 1.807) is 0 Å². The Balaban J connectivity index is 1.78. The number of rotatable bonds is 4. The fraction of sp³-hybridized carbons (Fsp3) is 0.0968. The van der Waals surface area contributed by atoms with Crippen LogP contribution in [0.2, 0.25) is 0 Å². The van der Waals surface area contributed by atoms with Crippen LogP contribution in [0, 0.1) is 13.8 Å². The maximum Gasteiger partial charge on any atom is 0.0590 e. The molecule has 4 aromatic rings. The van der Waals surface area contributed by atoms with Gasteiger partial charge in [-0.15, -0.1) is 0 Å². The van der Waals surface area contributed by atoms with Crippen LogP contribution in [-0.2, 0) is 5.41 Å². The molecule has 0 aromatic heterocycles. The van der Waals surface area contributed by atoms with E-state index in [9.17, 15) is 0 Å². The van der Waals surface area contributed by atoms with Crippen molar-refractivity contribution in [3.05, 3.63) is 155 Å². The zero-order valence-corrected chi connectivity index (χ0v) is 19.3. The molecule has 0 amide bonds. The van der Waals surface area contributed by atoms with Crippen LogP contribution in [0.3, 0.4) is 0 Å². The highest BCUT2D eigenvalue weighted by molar-refractivity contribution is 8.16. The Morgan fingerprint density at radius 2 is 0.844 bits per heavy atom. The van der Waals surface area contributed by atoms with Gasteiger partial charge in [-0.3, -0.25) is 0 Å². The Morgan fingerprint density at radius 3 is 1.22 bits per heavy atom. The van der Waals surface area contributed by atoms with Crippen molar-refractivity contribution in [1.82, 2.24) is 0 Å². The summed E-state index contributed by atoms with van der Waals surface area (Å²) in [6.07, 6.45) is 4.90. The minimum Gasteiger partial charge on any atom is -0.0894 e. The molecule has 0 atom stereocenters. The third kappa shape index (κ3) is 3.97. The van der Waals surface area contributed by atoms with Gasteiger partial charge in [0.1, 0.15) is 0 Å². The standard InChI is InChI=1S/C31H26S/c1-23-13-17-25(18-14-23)29-21-31(27-9-5-3-6-10-27,28-11-7-4-8-12-28)22-30(32-29)26-19-15-24(2)16-20-26/h3-22H,1-2H3. The summed E-state index contributed by atoms with van der Waals surface area (Å²) in [5, 5.41) is 0. The number of thioether (sulfide) groups is 1. The summed E-state index contributed by atoms with van der Waals surface area (Å²) in [7, 11) is 0. The van der Waals surface area contributed by atoms with Gasteiger partial charge in [-0.05, 0) is 36.1 Å². The van der Waals surface area contributed by atoms with Crippen LogP contribution in [0.25, 0.3) is 9.81 Å².